The molecule has 2 rings (SSSR count). The molecule has 0 aliphatic carbocycles. The molecule has 0 spiro atoms. The summed E-state index contributed by atoms with van der Waals surface area (Å²) in [5, 5.41) is 0.764. The van der Waals surface area contributed by atoms with Gasteiger partial charge in [0.05, 0.1) is 5.60 Å². The first kappa shape index (κ1) is 15.8. The minimum absolute atomic E-state index is 0.000530. The summed E-state index contributed by atoms with van der Waals surface area (Å²) in [5.41, 5.74) is 7.31. The van der Waals surface area contributed by atoms with E-state index in [4.69, 9.17) is 22.1 Å². The van der Waals surface area contributed by atoms with E-state index in [1.165, 1.54) is 6.42 Å². The maximum absolute atomic E-state index is 6.27. The first-order valence-corrected chi connectivity index (χ1v) is 7.69. The van der Waals surface area contributed by atoms with Gasteiger partial charge in [0.15, 0.2) is 0 Å². The first-order chi connectivity index (χ1) is 9.54. The first-order valence-electron chi connectivity index (χ1n) is 7.31. The number of methoxy groups -OCH3 is 1. The van der Waals surface area contributed by atoms with Gasteiger partial charge in [0.25, 0.3) is 0 Å². The second kappa shape index (κ2) is 6.90. The zero-order valence-electron chi connectivity index (χ0n) is 12.4. The molecule has 4 heteroatoms. The highest BCUT2D eigenvalue weighted by Crippen LogP contribution is 2.26. The van der Waals surface area contributed by atoms with Crippen LogP contribution in [0.5, 0.6) is 0 Å². The Balaban J connectivity index is 1.87. The number of rotatable bonds is 5. The van der Waals surface area contributed by atoms with Crippen molar-refractivity contribution in [2.45, 2.75) is 37.8 Å². The van der Waals surface area contributed by atoms with Gasteiger partial charge in [-0.05, 0) is 44.4 Å². The molecule has 2 unspecified atom stereocenters. The summed E-state index contributed by atoms with van der Waals surface area (Å²) in [7, 11) is 1.80. The van der Waals surface area contributed by atoms with Crippen LogP contribution in [0.15, 0.2) is 24.3 Å². The number of hydrogen-bond donors (Lipinski definition) is 1. The van der Waals surface area contributed by atoms with Crippen LogP contribution in [0.1, 0.15) is 37.8 Å². The SMILES string of the molecule is COC1(C)CCCN(CCC(N)c2ccccc2Cl)C1. The van der Waals surface area contributed by atoms with E-state index in [9.17, 15) is 0 Å². The third kappa shape index (κ3) is 3.95. The van der Waals surface area contributed by atoms with E-state index >= 15 is 0 Å². The Hall–Kier alpha value is -0.610. The quantitative estimate of drug-likeness (QED) is 0.906. The number of benzene rings is 1. The lowest BCUT2D eigenvalue weighted by atomic mass is 9.94. The van der Waals surface area contributed by atoms with Crippen molar-refractivity contribution in [2.24, 2.45) is 5.73 Å². The van der Waals surface area contributed by atoms with E-state index in [1.807, 2.05) is 24.3 Å². The van der Waals surface area contributed by atoms with Crippen LogP contribution in [0, 0.1) is 0 Å². The Morgan fingerprint density at radius 2 is 2.20 bits per heavy atom. The van der Waals surface area contributed by atoms with E-state index < -0.39 is 0 Å². The van der Waals surface area contributed by atoms with Gasteiger partial charge in [-0.3, -0.25) is 0 Å². The largest absolute Gasteiger partial charge is 0.377 e. The van der Waals surface area contributed by atoms with Crippen molar-refractivity contribution >= 4 is 11.6 Å². The fourth-order valence-electron chi connectivity index (χ4n) is 2.92. The van der Waals surface area contributed by atoms with Gasteiger partial charge in [-0.2, -0.15) is 0 Å². The van der Waals surface area contributed by atoms with Gasteiger partial charge in [0.1, 0.15) is 0 Å². The lowest BCUT2D eigenvalue weighted by Crippen LogP contribution is -2.47. The molecular formula is C16H25ClN2O. The molecule has 1 fully saturated rings. The van der Waals surface area contributed by atoms with E-state index in [0.717, 1.165) is 43.1 Å². The van der Waals surface area contributed by atoms with Crippen LogP contribution < -0.4 is 5.73 Å². The number of piperidine rings is 1. The van der Waals surface area contributed by atoms with Crippen molar-refractivity contribution in [1.82, 2.24) is 4.90 Å². The third-order valence-electron chi connectivity index (χ3n) is 4.29. The Labute approximate surface area is 127 Å². The Morgan fingerprint density at radius 3 is 2.90 bits per heavy atom. The van der Waals surface area contributed by atoms with E-state index in [-0.39, 0.29) is 11.6 Å². The summed E-state index contributed by atoms with van der Waals surface area (Å²) in [5.74, 6) is 0. The highest BCUT2D eigenvalue weighted by molar-refractivity contribution is 6.31. The maximum Gasteiger partial charge on any atom is 0.0777 e. The van der Waals surface area contributed by atoms with Gasteiger partial charge >= 0.3 is 0 Å². The van der Waals surface area contributed by atoms with Gasteiger partial charge < -0.3 is 15.4 Å². The van der Waals surface area contributed by atoms with Gasteiger partial charge in [-0.25, -0.2) is 0 Å². The van der Waals surface area contributed by atoms with Crippen molar-refractivity contribution in [3.05, 3.63) is 34.9 Å². The van der Waals surface area contributed by atoms with Gasteiger partial charge in [0.2, 0.25) is 0 Å². The molecule has 1 heterocycles. The normalized spacial score (nSPS) is 25.6. The summed E-state index contributed by atoms with van der Waals surface area (Å²) in [6.07, 6.45) is 3.24. The van der Waals surface area contributed by atoms with Gasteiger partial charge in [-0.15, -0.1) is 0 Å². The number of likely N-dealkylation sites (tertiary alicyclic amines) is 1. The molecule has 1 aliphatic heterocycles. The summed E-state index contributed by atoms with van der Waals surface area (Å²) < 4.78 is 5.63. The number of ether oxygens (including phenoxy) is 1. The van der Waals surface area contributed by atoms with Gasteiger partial charge in [0, 0.05) is 31.3 Å². The standard InChI is InChI=1S/C16H25ClN2O/c1-16(20-2)9-5-10-19(12-16)11-8-15(18)13-6-3-4-7-14(13)17/h3-4,6-7,15H,5,8-12,18H2,1-2H3. The molecule has 2 N–H and O–H groups in total. The smallest absolute Gasteiger partial charge is 0.0777 e. The molecule has 1 aliphatic rings. The predicted molar refractivity (Wildman–Crippen MR) is 84.1 cm³/mol. The van der Waals surface area contributed by atoms with Crippen molar-refractivity contribution in [3.8, 4) is 0 Å². The zero-order valence-corrected chi connectivity index (χ0v) is 13.2. The molecule has 2 atom stereocenters. The summed E-state index contributed by atoms with van der Waals surface area (Å²) in [6, 6.07) is 7.85. The Morgan fingerprint density at radius 1 is 1.45 bits per heavy atom. The number of nitrogens with two attached hydrogens (primary N) is 1. The maximum atomic E-state index is 6.27. The molecule has 1 saturated heterocycles. The van der Waals surface area contributed by atoms with Crippen LogP contribution in [0.25, 0.3) is 0 Å². The van der Waals surface area contributed by atoms with Crippen LogP contribution in [-0.4, -0.2) is 37.2 Å². The Bertz CT molecular complexity index is 440. The molecule has 0 saturated carbocycles. The molecule has 20 heavy (non-hydrogen) atoms. The lowest BCUT2D eigenvalue weighted by molar-refractivity contribution is -0.0510. The molecule has 0 bridgehead atoms. The summed E-state index contributed by atoms with van der Waals surface area (Å²) in [6.45, 7) is 5.30. The topological polar surface area (TPSA) is 38.5 Å². The third-order valence-corrected chi connectivity index (χ3v) is 4.64. The molecule has 0 radical (unpaired) electrons. The minimum Gasteiger partial charge on any atom is -0.377 e. The van der Waals surface area contributed by atoms with Crippen LogP contribution in [-0.2, 0) is 4.74 Å². The predicted octanol–water partition coefficient (Wildman–Crippen LogP) is 3.23. The van der Waals surface area contributed by atoms with Crippen LogP contribution in [0.2, 0.25) is 5.02 Å². The Kier molecular flexibility index (Phi) is 5.44. The number of halogens is 1. The fourth-order valence-corrected chi connectivity index (χ4v) is 3.19. The summed E-state index contributed by atoms with van der Waals surface area (Å²) >= 11 is 6.19. The fraction of sp³-hybridized carbons (Fsp3) is 0.625. The highest BCUT2D eigenvalue weighted by Gasteiger charge is 2.30. The van der Waals surface area contributed by atoms with Crippen molar-refractivity contribution < 1.29 is 4.74 Å². The molecule has 112 valence electrons. The van der Waals surface area contributed by atoms with Crippen molar-refractivity contribution in [2.75, 3.05) is 26.7 Å². The monoisotopic (exact) mass is 296 g/mol. The molecule has 1 aromatic carbocycles. The van der Waals surface area contributed by atoms with Gasteiger partial charge in [-0.1, -0.05) is 29.8 Å². The van der Waals surface area contributed by atoms with E-state index in [2.05, 4.69) is 11.8 Å². The average Bonchev–Trinajstić information content (AvgIpc) is 2.45. The number of nitrogens with zero attached hydrogens (tertiary/aromatic N) is 1. The number of hydrogen-bond acceptors (Lipinski definition) is 3. The molecule has 0 amide bonds. The van der Waals surface area contributed by atoms with E-state index in [1.54, 1.807) is 7.11 Å². The van der Waals surface area contributed by atoms with Crippen LogP contribution in [0.3, 0.4) is 0 Å². The average molecular weight is 297 g/mol. The highest BCUT2D eigenvalue weighted by atomic mass is 35.5. The van der Waals surface area contributed by atoms with Crippen LogP contribution >= 0.6 is 11.6 Å². The molecule has 0 aromatic heterocycles. The second-order valence-corrected chi connectivity index (χ2v) is 6.36. The summed E-state index contributed by atoms with van der Waals surface area (Å²) in [4.78, 5) is 2.45. The minimum atomic E-state index is -0.00721. The van der Waals surface area contributed by atoms with Crippen molar-refractivity contribution in [3.63, 3.8) is 0 Å². The van der Waals surface area contributed by atoms with Crippen LogP contribution in [0.4, 0.5) is 0 Å². The zero-order chi connectivity index (χ0) is 14.6. The van der Waals surface area contributed by atoms with E-state index in [0.29, 0.717) is 0 Å². The van der Waals surface area contributed by atoms with Crippen molar-refractivity contribution in [1.29, 1.82) is 0 Å². The second-order valence-electron chi connectivity index (χ2n) is 5.95. The molecule has 3 nitrogen and oxygen atoms in total. The molecular weight excluding hydrogens is 272 g/mol. The lowest BCUT2D eigenvalue weighted by Gasteiger charge is -2.39. The molecule has 1 aromatic rings.